The predicted molar refractivity (Wildman–Crippen MR) is 188 cm³/mol. The van der Waals surface area contributed by atoms with Crippen LogP contribution in [0.3, 0.4) is 0 Å². The van der Waals surface area contributed by atoms with E-state index >= 15 is 0 Å². The van der Waals surface area contributed by atoms with Crippen molar-refractivity contribution in [2.75, 3.05) is 5.75 Å². The second-order valence-corrected chi connectivity index (χ2v) is 12.7. The maximum atomic E-state index is 12.4. The summed E-state index contributed by atoms with van der Waals surface area (Å²) in [6.07, 6.45) is 0.993. The molecule has 10 heteroatoms. The molecule has 1 aromatic heterocycles. The Morgan fingerprint density at radius 2 is 1.47 bits per heavy atom. The smallest absolute Gasteiger partial charge is 0.338 e. The van der Waals surface area contributed by atoms with E-state index in [9.17, 15) is 19.8 Å². The van der Waals surface area contributed by atoms with E-state index in [1.807, 2.05) is 97.1 Å². The molecule has 2 amide bonds. The molecule has 2 heterocycles. The number of aliphatic hydroxyl groups excluding tert-OH is 1. The lowest BCUT2D eigenvalue weighted by molar-refractivity contribution is -0.245. The maximum absolute atomic E-state index is 12.4. The van der Waals surface area contributed by atoms with Crippen LogP contribution in [0.5, 0.6) is 0 Å². The van der Waals surface area contributed by atoms with Crippen LogP contribution in [0.25, 0.3) is 11.1 Å². The summed E-state index contributed by atoms with van der Waals surface area (Å²) in [4.78, 5) is 28.4. The number of thioether (sulfide) groups is 1. The molecule has 1 aliphatic rings. The monoisotopic (exact) mass is 675 g/mol. The Labute approximate surface area is 289 Å². The first kappa shape index (κ1) is 33.9. The summed E-state index contributed by atoms with van der Waals surface area (Å²) in [6, 6.07) is 36.5. The topological polar surface area (TPSA) is 130 Å². The highest BCUT2D eigenvalue weighted by atomic mass is 32.2. The van der Waals surface area contributed by atoms with Crippen LogP contribution < -0.4 is 10.6 Å². The number of carboxylic acid groups (broad SMARTS) is 1. The van der Waals surface area contributed by atoms with E-state index in [0.29, 0.717) is 30.3 Å². The van der Waals surface area contributed by atoms with E-state index < -0.39 is 12.3 Å². The van der Waals surface area contributed by atoms with Crippen LogP contribution in [0.4, 0.5) is 4.79 Å². The SMILES string of the molecule is O=C(NCc1ccccc1)NCc1cccc(-c2ccc([C@H]3O[C@@H](CSc4ncccc4C(=O)O)C[C@@H](c4ccc(CO)cc4)O3)cc2)c1. The number of hydrogen-bond acceptors (Lipinski definition) is 7. The average molecular weight is 676 g/mol. The normalized spacial score (nSPS) is 17.3. The molecule has 6 rings (SSSR count). The number of aromatic carboxylic acids is 1. The lowest BCUT2D eigenvalue weighted by atomic mass is 9.99. The molecule has 49 heavy (non-hydrogen) atoms. The Balaban J connectivity index is 1.13. The van der Waals surface area contributed by atoms with E-state index in [1.165, 1.54) is 11.8 Å². The van der Waals surface area contributed by atoms with Gasteiger partial charge < -0.3 is 30.3 Å². The number of urea groups is 1. The summed E-state index contributed by atoms with van der Waals surface area (Å²) in [5.41, 5.74) is 6.84. The summed E-state index contributed by atoms with van der Waals surface area (Å²) < 4.78 is 12.9. The molecular formula is C39H37N3O6S. The van der Waals surface area contributed by atoms with Gasteiger partial charge in [0.25, 0.3) is 0 Å². The molecule has 0 radical (unpaired) electrons. The first-order valence-corrected chi connectivity index (χ1v) is 17.0. The molecule has 5 aromatic rings. The fourth-order valence-corrected chi connectivity index (χ4v) is 6.58. The Kier molecular flexibility index (Phi) is 11.3. The minimum absolute atomic E-state index is 0.0390. The number of amides is 2. The number of hydrogen-bond donors (Lipinski definition) is 4. The number of rotatable bonds is 12. The van der Waals surface area contributed by atoms with Crippen molar-refractivity contribution in [3.05, 3.63) is 155 Å². The molecule has 1 saturated heterocycles. The Morgan fingerprint density at radius 1 is 0.755 bits per heavy atom. The first-order valence-electron chi connectivity index (χ1n) is 16.0. The standard InChI is InChI=1S/C39H37N3O6S/c43-24-27-11-13-30(14-12-27)35-21-33(25-49-36-34(37(44)45)10-5-19-40-36)47-38(48-35)31-17-15-29(16-18-31)32-9-4-8-28(20-32)23-42-39(46)41-22-26-6-2-1-3-7-26/h1-20,33,35,38,43H,21-25H2,(H,44,45)(H2,41,42,46)/t33-,35+,38+/m1/s1. The second kappa shape index (κ2) is 16.4. The number of nitrogens with zero attached hydrogens (tertiary/aromatic N) is 1. The molecule has 0 spiro atoms. The molecule has 0 bridgehead atoms. The van der Waals surface area contributed by atoms with Gasteiger partial charge in [0.2, 0.25) is 0 Å². The minimum Gasteiger partial charge on any atom is -0.478 e. The van der Waals surface area contributed by atoms with Crippen molar-refractivity contribution in [3.63, 3.8) is 0 Å². The minimum atomic E-state index is -1.02. The third-order valence-corrected chi connectivity index (χ3v) is 9.35. The summed E-state index contributed by atoms with van der Waals surface area (Å²) in [5.74, 6) is -0.527. The van der Waals surface area contributed by atoms with Crippen LogP contribution in [-0.2, 0) is 29.2 Å². The molecule has 250 valence electrons. The Bertz CT molecular complexity index is 1850. The molecule has 4 N–H and O–H groups in total. The number of aliphatic hydroxyl groups is 1. The highest BCUT2D eigenvalue weighted by Gasteiger charge is 2.32. The van der Waals surface area contributed by atoms with Crippen molar-refractivity contribution in [2.24, 2.45) is 0 Å². The molecule has 1 aliphatic heterocycles. The van der Waals surface area contributed by atoms with Crippen molar-refractivity contribution < 1.29 is 29.3 Å². The van der Waals surface area contributed by atoms with Gasteiger partial charge in [0.05, 0.1) is 24.4 Å². The average Bonchev–Trinajstić information content (AvgIpc) is 3.16. The lowest BCUT2D eigenvalue weighted by Gasteiger charge is -2.36. The molecule has 1 fully saturated rings. The van der Waals surface area contributed by atoms with Gasteiger partial charge in [0, 0.05) is 37.0 Å². The quantitative estimate of drug-likeness (QED) is 0.102. The van der Waals surface area contributed by atoms with Gasteiger partial charge in [-0.2, -0.15) is 0 Å². The zero-order valence-corrected chi connectivity index (χ0v) is 27.5. The van der Waals surface area contributed by atoms with Crippen LogP contribution in [0.2, 0.25) is 0 Å². The number of ether oxygens (including phenoxy) is 2. The second-order valence-electron chi connectivity index (χ2n) is 11.7. The van der Waals surface area contributed by atoms with Gasteiger partial charge in [-0.3, -0.25) is 0 Å². The van der Waals surface area contributed by atoms with Crippen molar-refractivity contribution in [3.8, 4) is 11.1 Å². The van der Waals surface area contributed by atoms with Gasteiger partial charge in [0.1, 0.15) is 5.03 Å². The largest absolute Gasteiger partial charge is 0.478 e. The van der Waals surface area contributed by atoms with E-state index in [4.69, 9.17) is 9.47 Å². The lowest BCUT2D eigenvalue weighted by Crippen LogP contribution is -2.34. The van der Waals surface area contributed by atoms with Gasteiger partial charge in [0.15, 0.2) is 6.29 Å². The summed E-state index contributed by atoms with van der Waals surface area (Å²) >= 11 is 1.35. The maximum Gasteiger partial charge on any atom is 0.338 e. The fraction of sp³-hybridized carbons (Fsp3) is 0.205. The van der Waals surface area contributed by atoms with Gasteiger partial charge in [-0.1, -0.05) is 97.1 Å². The van der Waals surface area contributed by atoms with Crippen molar-refractivity contribution in [1.29, 1.82) is 0 Å². The van der Waals surface area contributed by atoms with Crippen molar-refractivity contribution in [2.45, 2.75) is 49.6 Å². The summed E-state index contributed by atoms with van der Waals surface area (Å²) in [6.45, 7) is 0.811. The number of carboxylic acids is 1. The Hall–Kier alpha value is -5.00. The highest BCUT2D eigenvalue weighted by Crippen LogP contribution is 2.40. The molecule has 3 atom stereocenters. The number of pyridine rings is 1. The molecule has 9 nitrogen and oxygen atoms in total. The van der Waals surface area contributed by atoms with Gasteiger partial charge >= 0.3 is 12.0 Å². The predicted octanol–water partition coefficient (Wildman–Crippen LogP) is 7.28. The summed E-state index contributed by atoms with van der Waals surface area (Å²) in [5, 5.41) is 25.4. The first-order chi connectivity index (χ1) is 23.9. The van der Waals surface area contributed by atoms with Crippen molar-refractivity contribution in [1.82, 2.24) is 15.6 Å². The summed E-state index contributed by atoms with van der Waals surface area (Å²) in [7, 11) is 0. The van der Waals surface area contributed by atoms with Crippen LogP contribution in [-0.4, -0.2) is 39.1 Å². The fourth-order valence-electron chi connectivity index (χ4n) is 5.58. The van der Waals surface area contributed by atoms with Gasteiger partial charge in [-0.05, 0) is 51.6 Å². The number of carbonyl (C=O) groups excluding carboxylic acids is 1. The van der Waals surface area contributed by atoms with E-state index in [1.54, 1.807) is 18.3 Å². The van der Waals surface area contributed by atoms with E-state index in [0.717, 1.165) is 38.9 Å². The Morgan fingerprint density at radius 3 is 2.20 bits per heavy atom. The highest BCUT2D eigenvalue weighted by molar-refractivity contribution is 7.99. The molecule has 0 unspecified atom stereocenters. The van der Waals surface area contributed by atoms with E-state index in [2.05, 4.69) is 21.7 Å². The van der Waals surface area contributed by atoms with Crippen molar-refractivity contribution >= 4 is 23.8 Å². The molecular weight excluding hydrogens is 639 g/mol. The molecule has 4 aromatic carbocycles. The van der Waals surface area contributed by atoms with Crippen LogP contribution in [0.15, 0.2) is 126 Å². The van der Waals surface area contributed by atoms with Crippen LogP contribution >= 0.6 is 11.8 Å². The van der Waals surface area contributed by atoms with E-state index in [-0.39, 0.29) is 30.4 Å². The van der Waals surface area contributed by atoms with Gasteiger partial charge in [-0.15, -0.1) is 11.8 Å². The van der Waals surface area contributed by atoms with Crippen LogP contribution in [0, 0.1) is 0 Å². The molecule has 0 saturated carbocycles. The molecule has 0 aliphatic carbocycles. The zero-order chi connectivity index (χ0) is 34.0. The van der Waals surface area contributed by atoms with Crippen LogP contribution in [0.1, 0.15) is 57.0 Å². The third kappa shape index (κ3) is 9.13. The number of aromatic nitrogens is 1. The number of carbonyl (C=O) groups is 2. The third-order valence-electron chi connectivity index (χ3n) is 8.21. The zero-order valence-electron chi connectivity index (χ0n) is 26.7. The number of benzene rings is 4. The number of nitrogens with one attached hydrogen (secondary N) is 2. The van der Waals surface area contributed by atoms with Gasteiger partial charge in [-0.25, -0.2) is 14.6 Å².